The highest BCUT2D eigenvalue weighted by Crippen LogP contribution is 2.42. The molecule has 0 aliphatic carbocycles. The summed E-state index contributed by atoms with van der Waals surface area (Å²) in [7, 11) is -3.87. The number of nitrogens with zero attached hydrogens (tertiary/aromatic N) is 2. The van der Waals surface area contributed by atoms with Crippen LogP contribution < -0.4 is 5.43 Å². The van der Waals surface area contributed by atoms with Crippen molar-refractivity contribution in [2.75, 3.05) is 0 Å². The minimum Gasteiger partial charge on any atom is -0.508 e. The molecular formula is C26H15ClN2O6S2. The summed E-state index contributed by atoms with van der Waals surface area (Å²) >= 11 is 7.07. The number of rotatable bonds is 4. The quantitative estimate of drug-likeness (QED) is 0.286. The minimum atomic E-state index is -3.87. The van der Waals surface area contributed by atoms with Crippen LogP contribution in [-0.2, 0) is 9.84 Å². The van der Waals surface area contributed by atoms with Crippen LogP contribution in [-0.4, -0.2) is 28.2 Å². The van der Waals surface area contributed by atoms with E-state index in [1.54, 1.807) is 42.5 Å². The summed E-state index contributed by atoms with van der Waals surface area (Å²) < 4.78 is 33.4. The van der Waals surface area contributed by atoms with Crippen LogP contribution in [0.3, 0.4) is 0 Å². The normalized spacial score (nSPS) is 11.9. The number of fused-ring (bicyclic) bond motifs is 2. The summed E-state index contributed by atoms with van der Waals surface area (Å²) in [5.41, 5.74) is 0.200. The number of sulfone groups is 1. The summed E-state index contributed by atoms with van der Waals surface area (Å²) in [5.74, 6) is -0.565. The Labute approximate surface area is 218 Å². The molecule has 0 radical (unpaired) electrons. The highest BCUT2D eigenvalue weighted by molar-refractivity contribution is 7.93. The summed E-state index contributed by atoms with van der Waals surface area (Å²) in [5, 5.41) is 21.9. The first-order valence-corrected chi connectivity index (χ1v) is 13.5. The third kappa shape index (κ3) is 3.69. The maximum Gasteiger partial charge on any atom is 0.243 e. The minimum absolute atomic E-state index is 0.0442. The molecule has 0 spiro atoms. The van der Waals surface area contributed by atoms with Crippen molar-refractivity contribution in [3.8, 4) is 28.0 Å². The van der Waals surface area contributed by atoms with Crippen LogP contribution in [0.5, 0.6) is 11.6 Å². The van der Waals surface area contributed by atoms with Gasteiger partial charge in [0.15, 0.2) is 5.13 Å². The number of hydrogen-bond acceptors (Lipinski definition) is 8. The fourth-order valence-corrected chi connectivity index (χ4v) is 6.90. The lowest BCUT2D eigenvalue weighted by Gasteiger charge is -2.08. The highest BCUT2D eigenvalue weighted by Gasteiger charge is 2.28. The van der Waals surface area contributed by atoms with E-state index in [1.807, 2.05) is 0 Å². The Hall–Kier alpha value is -4.12. The number of phenols is 1. The summed E-state index contributed by atoms with van der Waals surface area (Å²) in [4.78, 5) is 18.0. The summed E-state index contributed by atoms with van der Waals surface area (Å²) in [6.07, 6.45) is 1.21. The van der Waals surface area contributed by atoms with Crippen molar-refractivity contribution >= 4 is 54.7 Å². The average Bonchev–Trinajstić information content (AvgIpc) is 3.48. The van der Waals surface area contributed by atoms with Crippen molar-refractivity contribution in [3.63, 3.8) is 0 Å². The van der Waals surface area contributed by atoms with Crippen molar-refractivity contribution in [1.29, 1.82) is 0 Å². The summed E-state index contributed by atoms with van der Waals surface area (Å²) in [6.45, 7) is 0. The molecule has 0 bridgehead atoms. The van der Waals surface area contributed by atoms with Crippen molar-refractivity contribution < 1.29 is 23.0 Å². The molecule has 37 heavy (non-hydrogen) atoms. The molecule has 3 aromatic heterocycles. The zero-order valence-electron chi connectivity index (χ0n) is 18.6. The van der Waals surface area contributed by atoms with Gasteiger partial charge in [-0.2, -0.15) is 0 Å². The lowest BCUT2D eigenvalue weighted by Crippen LogP contribution is -2.03. The predicted octanol–water partition coefficient (Wildman–Crippen LogP) is 5.76. The molecule has 2 N–H and O–H groups in total. The van der Waals surface area contributed by atoms with Gasteiger partial charge in [-0.3, -0.25) is 9.36 Å². The van der Waals surface area contributed by atoms with Crippen LogP contribution >= 0.6 is 22.9 Å². The Morgan fingerprint density at radius 1 is 0.973 bits per heavy atom. The molecule has 6 rings (SSSR count). The van der Waals surface area contributed by atoms with Gasteiger partial charge in [-0.05, 0) is 36.4 Å². The number of thiazole rings is 1. The molecule has 3 aromatic carbocycles. The van der Waals surface area contributed by atoms with Crippen molar-refractivity contribution in [2.24, 2.45) is 0 Å². The molecule has 0 aliphatic rings. The molecule has 0 atom stereocenters. The van der Waals surface area contributed by atoms with E-state index in [0.29, 0.717) is 10.6 Å². The van der Waals surface area contributed by atoms with Crippen LogP contribution in [0.2, 0.25) is 5.02 Å². The molecule has 0 saturated heterocycles. The van der Waals surface area contributed by atoms with Crippen molar-refractivity contribution in [3.05, 3.63) is 94.2 Å². The zero-order chi connectivity index (χ0) is 25.9. The first-order valence-electron chi connectivity index (χ1n) is 10.8. The Morgan fingerprint density at radius 3 is 2.51 bits per heavy atom. The first-order chi connectivity index (χ1) is 17.8. The Morgan fingerprint density at radius 2 is 1.76 bits per heavy atom. The molecule has 11 heteroatoms. The van der Waals surface area contributed by atoms with Gasteiger partial charge in [0, 0.05) is 16.7 Å². The maximum absolute atomic E-state index is 13.6. The molecule has 0 unspecified atom stereocenters. The van der Waals surface area contributed by atoms with E-state index in [4.69, 9.17) is 16.0 Å². The van der Waals surface area contributed by atoms with Crippen molar-refractivity contribution in [2.45, 2.75) is 9.10 Å². The summed E-state index contributed by atoms with van der Waals surface area (Å²) in [6, 6.07) is 18.7. The Bertz CT molecular complexity index is 2010. The lowest BCUT2D eigenvalue weighted by atomic mass is 10.1. The van der Waals surface area contributed by atoms with Gasteiger partial charge in [-0.1, -0.05) is 53.3 Å². The molecule has 0 aliphatic heterocycles. The highest BCUT2D eigenvalue weighted by atomic mass is 35.5. The van der Waals surface area contributed by atoms with Gasteiger partial charge < -0.3 is 14.6 Å². The largest absolute Gasteiger partial charge is 0.508 e. The van der Waals surface area contributed by atoms with Crippen LogP contribution in [0.1, 0.15) is 0 Å². The zero-order valence-corrected chi connectivity index (χ0v) is 21.0. The van der Waals surface area contributed by atoms with Crippen LogP contribution in [0.4, 0.5) is 0 Å². The van der Waals surface area contributed by atoms with E-state index in [0.717, 1.165) is 11.3 Å². The smallest absolute Gasteiger partial charge is 0.243 e. The third-order valence-corrected chi connectivity index (χ3v) is 9.28. The first kappa shape index (κ1) is 23.3. The van der Waals surface area contributed by atoms with Gasteiger partial charge >= 0.3 is 0 Å². The fraction of sp³-hybridized carbons (Fsp3) is 0. The van der Waals surface area contributed by atoms with E-state index in [2.05, 4.69) is 4.98 Å². The number of halogens is 1. The molecule has 3 heterocycles. The van der Waals surface area contributed by atoms with E-state index in [1.165, 1.54) is 41.1 Å². The van der Waals surface area contributed by atoms with E-state index in [9.17, 15) is 23.4 Å². The van der Waals surface area contributed by atoms with E-state index < -0.39 is 21.1 Å². The monoisotopic (exact) mass is 550 g/mol. The Kier molecular flexibility index (Phi) is 5.34. The molecule has 184 valence electrons. The standard InChI is InChI=1S/C26H15ClN2O6S2/c27-15-6-4-5-14(11-15)22-21-23(31)18-10-9-16(30)12-19(18)35-24(21)25(32)29(22)26-28-13-20(36-26)37(33,34)17-7-2-1-3-8-17/h1-13,30,32H. The van der Waals surface area contributed by atoms with Gasteiger partial charge in [0.1, 0.15) is 15.5 Å². The molecule has 0 saturated carbocycles. The number of hydrogen-bond donors (Lipinski definition) is 2. The van der Waals surface area contributed by atoms with E-state index in [-0.39, 0.29) is 47.6 Å². The number of benzene rings is 3. The second kappa shape index (κ2) is 8.48. The topological polar surface area (TPSA) is 123 Å². The van der Waals surface area contributed by atoms with Gasteiger partial charge in [-0.25, -0.2) is 13.4 Å². The molecule has 6 aromatic rings. The van der Waals surface area contributed by atoms with Gasteiger partial charge in [0.05, 0.1) is 27.6 Å². The van der Waals surface area contributed by atoms with Gasteiger partial charge in [-0.15, -0.1) is 0 Å². The molecule has 8 nitrogen and oxygen atoms in total. The third-order valence-electron chi connectivity index (χ3n) is 5.83. The second-order valence-electron chi connectivity index (χ2n) is 8.11. The van der Waals surface area contributed by atoms with Gasteiger partial charge in [0.2, 0.25) is 26.7 Å². The number of aromatic hydroxyl groups is 2. The Balaban J connectivity index is 1.68. The van der Waals surface area contributed by atoms with Crippen molar-refractivity contribution in [1.82, 2.24) is 9.55 Å². The second-order valence-corrected chi connectivity index (χ2v) is 11.7. The predicted molar refractivity (Wildman–Crippen MR) is 141 cm³/mol. The molecule has 0 fully saturated rings. The van der Waals surface area contributed by atoms with Gasteiger partial charge in [0.25, 0.3) is 0 Å². The van der Waals surface area contributed by atoms with Crippen LogP contribution in [0, 0.1) is 0 Å². The van der Waals surface area contributed by atoms with Crippen LogP contribution in [0.25, 0.3) is 38.3 Å². The average molecular weight is 551 g/mol. The SMILES string of the molecule is O=c1c2ccc(O)cc2oc2c(O)n(-c3ncc(S(=O)(=O)c4ccccc4)s3)c(-c3cccc(Cl)c3)c12. The van der Waals surface area contributed by atoms with Crippen LogP contribution in [0.15, 0.2) is 97.3 Å². The molecular weight excluding hydrogens is 536 g/mol. The lowest BCUT2D eigenvalue weighted by molar-refractivity contribution is 0.437. The number of aromatic nitrogens is 2. The van der Waals surface area contributed by atoms with E-state index >= 15 is 0 Å². The maximum atomic E-state index is 13.6. The fourth-order valence-electron chi connectivity index (χ4n) is 4.16. The number of phenolic OH excluding ortho intramolecular Hbond substituents is 1. The molecule has 0 amide bonds.